The number of hydrogen-bond donors (Lipinski definition) is 1. The number of esters is 1. The second-order valence-electron chi connectivity index (χ2n) is 7.62. The van der Waals surface area contributed by atoms with Crippen molar-refractivity contribution >= 4 is 51.3 Å². The van der Waals surface area contributed by atoms with E-state index in [0.29, 0.717) is 40.3 Å². The van der Waals surface area contributed by atoms with Crippen molar-refractivity contribution in [3.63, 3.8) is 0 Å². The maximum atomic E-state index is 12.8. The van der Waals surface area contributed by atoms with Crippen molar-refractivity contribution in [3.8, 4) is 0 Å². The fraction of sp³-hybridized carbons (Fsp3) is 0.524. The van der Waals surface area contributed by atoms with Gasteiger partial charge in [0.2, 0.25) is 5.91 Å². The van der Waals surface area contributed by atoms with Gasteiger partial charge in [0, 0.05) is 25.5 Å². The molecule has 13 heteroatoms. The largest absolute Gasteiger partial charge is 0.466 e. The van der Waals surface area contributed by atoms with Crippen LogP contribution >= 0.6 is 23.1 Å². The third-order valence-electron chi connectivity index (χ3n) is 5.13. The minimum Gasteiger partial charge on any atom is -0.466 e. The summed E-state index contributed by atoms with van der Waals surface area (Å²) in [5.74, 6) is -0.596. The van der Waals surface area contributed by atoms with Crippen LogP contribution in [0.3, 0.4) is 0 Å². The summed E-state index contributed by atoms with van der Waals surface area (Å²) in [4.78, 5) is 59.0. The molecule has 11 nitrogen and oxygen atoms in total. The summed E-state index contributed by atoms with van der Waals surface area (Å²) in [6.07, 6.45) is 1.84. The monoisotopic (exact) mass is 508 g/mol. The van der Waals surface area contributed by atoms with Crippen molar-refractivity contribution < 1.29 is 14.3 Å². The molecule has 3 aromatic heterocycles. The Hall–Kier alpha value is -2.93. The first-order chi connectivity index (χ1) is 16.2. The number of amides is 1. The highest BCUT2D eigenvalue weighted by Gasteiger charge is 2.20. The number of thiazole rings is 1. The molecule has 1 amide bonds. The van der Waals surface area contributed by atoms with E-state index >= 15 is 0 Å². The summed E-state index contributed by atoms with van der Waals surface area (Å²) in [5.41, 5.74) is 0.445. The number of anilines is 1. The number of hydrogen-bond acceptors (Lipinski definition) is 9. The summed E-state index contributed by atoms with van der Waals surface area (Å²) >= 11 is 2.42. The van der Waals surface area contributed by atoms with Crippen LogP contribution in [0.15, 0.2) is 14.7 Å². The number of aromatic nitrogens is 5. The normalized spacial score (nSPS) is 11.2. The maximum absolute atomic E-state index is 12.8. The smallest absolute Gasteiger partial charge is 0.332 e. The molecule has 0 aromatic carbocycles. The van der Waals surface area contributed by atoms with Gasteiger partial charge in [0.25, 0.3) is 5.56 Å². The van der Waals surface area contributed by atoms with Gasteiger partial charge in [-0.2, -0.15) is 0 Å². The van der Waals surface area contributed by atoms with Crippen LogP contribution < -0.4 is 16.6 Å². The molecule has 3 rings (SSSR count). The topological polar surface area (TPSA) is 130 Å². The lowest BCUT2D eigenvalue weighted by atomic mass is 10.3. The molecule has 0 saturated carbocycles. The van der Waals surface area contributed by atoms with Crippen LogP contribution in [0, 0.1) is 6.92 Å². The van der Waals surface area contributed by atoms with Crippen LogP contribution in [-0.2, 0) is 41.4 Å². The van der Waals surface area contributed by atoms with Crippen molar-refractivity contribution in [2.24, 2.45) is 14.1 Å². The third kappa shape index (κ3) is 5.41. The van der Waals surface area contributed by atoms with Gasteiger partial charge >= 0.3 is 11.7 Å². The Morgan fingerprint density at radius 3 is 2.56 bits per heavy atom. The molecular weight excluding hydrogens is 480 g/mol. The fourth-order valence-electron chi connectivity index (χ4n) is 3.33. The number of nitrogens with zero attached hydrogens (tertiary/aromatic N) is 5. The minimum atomic E-state index is -0.454. The Bertz CT molecular complexity index is 1340. The number of nitrogens with one attached hydrogen (secondary N) is 1. The van der Waals surface area contributed by atoms with E-state index in [1.807, 2.05) is 6.92 Å². The summed E-state index contributed by atoms with van der Waals surface area (Å²) in [5, 5.41) is 3.65. The molecule has 0 aliphatic rings. The van der Waals surface area contributed by atoms with Gasteiger partial charge in [0.05, 0.1) is 24.5 Å². The lowest BCUT2D eigenvalue weighted by molar-refractivity contribution is -0.142. The van der Waals surface area contributed by atoms with Gasteiger partial charge in [-0.1, -0.05) is 25.1 Å². The Balaban J connectivity index is 1.78. The summed E-state index contributed by atoms with van der Waals surface area (Å²) < 4.78 is 9.15. The number of fused-ring (bicyclic) bond motifs is 1. The quantitative estimate of drug-likeness (QED) is 0.324. The van der Waals surface area contributed by atoms with Gasteiger partial charge in [-0.05, 0) is 20.3 Å². The Morgan fingerprint density at radius 1 is 1.15 bits per heavy atom. The van der Waals surface area contributed by atoms with Gasteiger partial charge in [-0.25, -0.2) is 14.8 Å². The summed E-state index contributed by atoms with van der Waals surface area (Å²) in [6.45, 7) is 6.42. The maximum Gasteiger partial charge on any atom is 0.332 e. The van der Waals surface area contributed by atoms with Crippen molar-refractivity contribution in [1.29, 1.82) is 0 Å². The van der Waals surface area contributed by atoms with Crippen LogP contribution in [0.4, 0.5) is 5.13 Å². The SMILES string of the molecule is CCCCn1c(SCC(=O)Nc2nc(C)c(CC(=O)OCC)s2)nc2c1c(=O)n(C)c(=O)n2C. The van der Waals surface area contributed by atoms with Crippen LogP contribution in [0.1, 0.15) is 37.3 Å². The lowest BCUT2D eigenvalue weighted by Crippen LogP contribution is -2.37. The first-order valence-electron chi connectivity index (χ1n) is 10.9. The fourth-order valence-corrected chi connectivity index (χ4v) is 5.12. The molecule has 3 aromatic rings. The molecular formula is C21H28N6O5S2. The average Bonchev–Trinajstić information content (AvgIpc) is 3.33. The Kier molecular flexibility index (Phi) is 8.31. The number of carbonyl (C=O) groups excluding carboxylic acids is 2. The van der Waals surface area contributed by atoms with Crippen molar-refractivity contribution in [2.45, 2.75) is 51.7 Å². The number of carbonyl (C=O) groups is 2. The number of imidazole rings is 1. The van der Waals surface area contributed by atoms with E-state index in [-0.39, 0.29) is 24.1 Å². The highest BCUT2D eigenvalue weighted by molar-refractivity contribution is 7.99. The second kappa shape index (κ2) is 11.0. The molecule has 0 aliphatic carbocycles. The molecule has 184 valence electrons. The molecule has 0 atom stereocenters. The molecule has 0 spiro atoms. The van der Waals surface area contributed by atoms with Gasteiger partial charge in [-0.3, -0.25) is 23.5 Å². The van der Waals surface area contributed by atoms with Crippen molar-refractivity contribution in [1.82, 2.24) is 23.7 Å². The van der Waals surface area contributed by atoms with E-state index in [9.17, 15) is 19.2 Å². The lowest BCUT2D eigenvalue weighted by Gasteiger charge is -2.08. The number of ether oxygens (including phenoxy) is 1. The second-order valence-corrected chi connectivity index (χ2v) is 9.65. The number of aryl methyl sites for hydroxylation is 3. The highest BCUT2D eigenvalue weighted by Crippen LogP contribution is 2.25. The zero-order chi connectivity index (χ0) is 25.0. The van der Waals surface area contributed by atoms with E-state index < -0.39 is 11.2 Å². The zero-order valence-electron chi connectivity index (χ0n) is 19.8. The Morgan fingerprint density at radius 2 is 1.88 bits per heavy atom. The molecule has 34 heavy (non-hydrogen) atoms. The van der Waals surface area contributed by atoms with Crippen LogP contribution in [0.2, 0.25) is 0 Å². The van der Waals surface area contributed by atoms with Crippen LogP contribution in [0.5, 0.6) is 0 Å². The minimum absolute atomic E-state index is 0.0372. The van der Waals surface area contributed by atoms with E-state index in [4.69, 9.17) is 4.74 Å². The average molecular weight is 509 g/mol. The number of thioether (sulfide) groups is 1. The number of unbranched alkanes of at least 4 members (excludes halogenated alkanes) is 1. The molecule has 0 fully saturated rings. The zero-order valence-corrected chi connectivity index (χ0v) is 21.5. The summed E-state index contributed by atoms with van der Waals surface area (Å²) in [7, 11) is 3.01. The van der Waals surface area contributed by atoms with Crippen LogP contribution in [-0.4, -0.2) is 47.9 Å². The highest BCUT2D eigenvalue weighted by atomic mass is 32.2. The molecule has 0 unspecified atom stereocenters. The number of rotatable bonds is 10. The Labute approximate surface area is 204 Å². The van der Waals surface area contributed by atoms with E-state index in [0.717, 1.165) is 22.3 Å². The first kappa shape index (κ1) is 25.7. The predicted molar refractivity (Wildman–Crippen MR) is 132 cm³/mol. The van der Waals surface area contributed by atoms with E-state index in [1.165, 1.54) is 34.7 Å². The standard InChI is InChI=1S/C21H28N6O5S2/c1-6-8-9-27-16-17(25(4)21(31)26(5)18(16)30)24-20(27)33-11-14(28)23-19-22-12(3)13(34-19)10-15(29)32-7-2/h6-11H2,1-5H3,(H,22,23,28). The molecule has 0 radical (unpaired) electrons. The molecule has 0 bridgehead atoms. The third-order valence-corrected chi connectivity index (χ3v) is 7.18. The van der Waals surface area contributed by atoms with Crippen molar-refractivity contribution in [2.75, 3.05) is 17.7 Å². The van der Waals surface area contributed by atoms with Crippen LogP contribution in [0.25, 0.3) is 11.2 Å². The molecule has 3 heterocycles. The molecule has 0 saturated heterocycles. The van der Waals surface area contributed by atoms with Gasteiger partial charge in [-0.15, -0.1) is 11.3 Å². The van der Waals surface area contributed by atoms with Gasteiger partial charge in [0.15, 0.2) is 21.5 Å². The molecule has 1 N–H and O–H groups in total. The predicted octanol–water partition coefficient (Wildman–Crippen LogP) is 1.84. The van der Waals surface area contributed by atoms with E-state index in [2.05, 4.69) is 15.3 Å². The molecule has 0 aliphatic heterocycles. The van der Waals surface area contributed by atoms with Crippen molar-refractivity contribution in [3.05, 3.63) is 31.4 Å². The van der Waals surface area contributed by atoms with E-state index in [1.54, 1.807) is 25.5 Å². The van der Waals surface area contributed by atoms with Gasteiger partial charge < -0.3 is 14.6 Å². The van der Waals surface area contributed by atoms with Gasteiger partial charge in [0.1, 0.15) is 0 Å². The summed E-state index contributed by atoms with van der Waals surface area (Å²) in [6, 6.07) is 0. The first-order valence-corrected chi connectivity index (χ1v) is 12.7.